The molecule has 0 saturated heterocycles. The zero-order valence-corrected chi connectivity index (χ0v) is 12.9. The summed E-state index contributed by atoms with van der Waals surface area (Å²) in [6.07, 6.45) is 3.31. The monoisotopic (exact) mass is 275 g/mol. The van der Waals surface area contributed by atoms with Crippen molar-refractivity contribution in [2.45, 2.75) is 32.2 Å². The second kappa shape index (κ2) is 6.55. The van der Waals surface area contributed by atoms with Crippen molar-refractivity contribution in [1.29, 1.82) is 0 Å². The molecule has 0 aromatic carbocycles. The molecular formula is C12H22ClN3S. The zero-order chi connectivity index (χ0) is 13.0. The zero-order valence-electron chi connectivity index (χ0n) is 11.3. The number of aryl methyl sites for hydroxylation is 2. The Morgan fingerprint density at radius 2 is 2.18 bits per heavy atom. The van der Waals surface area contributed by atoms with Crippen LogP contribution < -0.4 is 4.90 Å². The van der Waals surface area contributed by atoms with Gasteiger partial charge in [-0.25, -0.2) is 0 Å². The Labute approximate surface area is 114 Å². The molecule has 0 aliphatic rings. The number of rotatable bonds is 6. The Hall–Kier alpha value is -0.350. The van der Waals surface area contributed by atoms with Gasteiger partial charge in [0.15, 0.2) is 0 Å². The maximum atomic E-state index is 6.02. The molecule has 5 heteroatoms. The average molecular weight is 276 g/mol. The van der Waals surface area contributed by atoms with E-state index in [1.807, 2.05) is 30.4 Å². The Balaban J connectivity index is 2.90. The van der Waals surface area contributed by atoms with Crippen molar-refractivity contribution >= 4 is 29.2 Å². The molecule has 0 radical (unpaired) electrons. The van der Waals surface area contributed by atoms with E-state index in [9.17, 15) is 0 Å². The van der Waals surface area contributed by atoms with E-state index in [0.717, 1.165) is 17.1 Å². The fourth-order valence-electron chi connectivity index (χ4n) is 1.98. The second-order valence-electron chi connectivity index (χ2n) is 4.39. The third kappa shape index (κ3) is 3.32. The van der Waals surface area contributed by atoms with Crippen LogP contribution in [0.1, 0.15) is 24.6 Å². The fraction of sp³-hybridized carbons (Fsp3) is 0.750. The molecule has 0 N–H and O–H groups in total. The quantitative estimate of drug-likeness (QED) is 0.745. The van der Waals surface area contributed by atoms with Gasteiger partial charge >= 0.3 is 0 Å². The number of nitrogens with zero attached hydrogens (tertiary/aromatic N) is 3. The third-order valence-electron chi connectivity index (χ3n) is 3.18. The van der Waals surface area contributed by atoms with Crippen molar-refractivity contribution in [3.8, 4) is 0 Å². The van der Waals surface area contributed by atoms with Gasteiger partial charge in [-0.3, -0.25) is 4.68 Å². The number of anilines is 1. The van der Waals surface area contributed by atoms with Crippen LogP contribution in [0.25, 0.3) is 0 Å². The van der Waals surface area contributed by atoms with E-state index in [0.29, 0.717) is 11.9 Å². The van der Waals surface area contributed by atoms with Gasteiger partial charge in [0, 0.05) is 25.7 Å². The summed E-state index contributed by atoms with van der Waals surface area (Å²) in [6, 6.07) is 0.499. The summed E-state index contributed by atoms with van der Waals surface area (Å²) in [4.78, 5) is 2.29. The number of hydrogen-bond acceptors (Lipinski definition) is 3. The van der Waals surface area contributed by atoms with E-state index in [1.165, 1.54) is 12.2 Å². The molecule has 0 saturated carbocycles. The normalized spacial score (nSPS) is 12.8. The van der Waals surface area contributed by atoms with Gasteiger partial charge in [-0.05, 0) is 32.3 Å². The largest absolute Gasteiger partial charge is 0.357 e. The number of alkyl halides is 1. The van der Waals surface area contributed by atoms with Gasteiger partial charge in [0.2, 0.25) is 0 Å². The fourth-order valence-corrected chi connectivity index (χ4v) is 2.87. The average Bonchev–Trinajstić information content (AvgIpc) is 2.59. The molecule has 1 aromatic rings. The highest BCUT2D eigenvalue weighted by atomic mass is 35.5. The van der Waals surface area contributed by atoms with E-state index in [4.69, 9.17) is 11.6 Å². The smallest absolute Gasteiger partial charge is 0.131 e. The van der Waals surface area contributed by atoms with Crippen LogP contribution in [0.3, 0.4) is 0 Å². The first-order valence-electron chi connectivity index (χ1n) is 5.83. The summed E-state index contributed by atoms with van der Waals surface area (Å²) in [5.41, 5.74) is 2.18. The lowest BCUT2D eigenvalue weighted by Crippen LogP contribution is -2.31. The van der Waals surface area contributed by atoms with Crippen LogP contribution >= 0.6 is 23.4 Å². The van der Waals surface area contributed by atoms with Crippen LogP contribution in [0.4, 0.5) is 5.82 Å². The van der Waals surface area contributed by atoms with Crippen LogP contribution in [-0.4, -0.2) is 34.9 Å². The third-order valence-corrected chi connectivity index (χ3v) is 4.09. The minimum atomic E-state index is 0.499. The summed E-state index contributed by atoms with van der Waals surface area (Å²) in [5.74, 6) is 2.85. The summed E-state index contributed by atoms with van der Waals surface area (Å²) in [6.45, 7) is 4.26. The molecule has 17 heavy (non-hydrogen) atoms. The highest BCUT2D eigenvalue weighted by Crippen LogP contribution is 2.26. The lowest BCUT2D eigenvalue weighted by atomic mass is 10.2. The summed E-state index contributed by atoms with van der Waals surface area (Å²) >= 11 is 7.91. The molecule has 1 heterocycles. The van der Waals surface area contributed by atoms with E-state index in [2.05, 4.69) is 30.2 Å². The van der Waals surface area contributed by atoms with Crippen molar-refractivity contribution in [1.82, 2.24) is 9.78 Å². The van der Waals surface area contributed by atoms with Crippen LogP contribution in [0.15, 0.2) is 0 Å². The van der Waals surface area contributed by atoms with Crippen molar-refractivity contribution in [3.05, 3.63) is 11.3 Å². The van der Waals surface area contributed by atoms with Crippen molar-refractivity contribution in [3.63, 3.8) is 0 Å². The Morgan fingerprint density at radius 1 is 1.53 bits per heavy atom. The van der Waals surface area contributed by atoms with E-state index < -0.39 is 0 Å². The molecule has 0 aliphatic heterocycles. The molecule has 1 atom stereocenters. The molecule has 1 rings (SSSR count). The summed E-state index contributed by atoms with van der Waals surface area (Å²) in [5, 5.41) is 4.45. The lowest BCUT2D eigenvalue weighted by Gasteiger charge is -2.27. The SMILES string of the molecule is CSCCC(C)N(C)c1c(CCl)c(C)nn1C. The summed E-state index contributed by atoms with van der Waals surface area (Å²) in [7, 11) is 4.10. The number of aromatic nitrogens is 2. The maximum absolute atomic E-state index is 6.02. The molecule has 1 unspecified atom stereocenters. The van der Waals surface area contributed by atoms with Gasteiger partial charge in [-0.15, -0.1) is 11.6 Å². The highest BCUT2D eigenvalue weighted by Gasteiger charge is 2.19. The molecule has 3 nitrogen and oxygen atoms in total. The topological polar surface area (TPSA) is 21.1 Å². The van der Waals surface area contributed by atoms with Crippen molar-refractivity contribution in [2.24, 2.45) is 7.05 Å². The lowest BCUT2D eigenvalue weighted by molar-refractivity contribution is 0.632. The van der Waals surface area contributed by atoms with Crippen molar-refractivity contribution in [2.75, 3.05) is 24.0 Å². The van der Waals surface area contributed by atoms with E-state index >= 15 is 0 Å². The van der Waals surface area contributed by atoms with E-state index in [-0.39, 0.29) is 0 Å². The molecule has 0 amide bonds. The predicted molar refractivity (Wildman–Crippen MR) is 78.4 cm³/mol. The van der Waals surface area contributed by atoms with Crippen LogP contribution in [0.5, 0.6) is 0 Å². The first-order chi connectivity index (χ1) is 8.02. The van der Waals surface area contributed by atoms with Gasteiger partial charge in [-0.1, -0.05) is 0 Å². The van der Waals surface area contributed by atoms with Crippen molar-refractivity contribution < 1.29 is 0 Å². The summed E-state index contributed by atoms with van der Waals surface area (Å²) < 4.78 is 1.93. The van der Waals surface area contributed by atoms with Crippen LogP contribution in [0.2, 0.25) is 0 Å². The molecule has 98 valence electrons. The predicted octanol–water partition coefficient (Wildman–Crippen LogP) is 3.05. The Bertz CT molecular complexity index is 365. The molecule has 0 spiro atoms. The van der Waals surface area contributed by atoms with Crippen LogP contribution in [0, 0.1) is 6.92 Å². The Morgan fingerprint density at radius 3 is 2.71 bits per heavy atom. The minimum absolute atomic E-state index is 0.499. The van der Waals surface area contributed by atoms with Gasteiger partial charge < -0.3 is 4.90 Å². The molecular weight excluding hydrogens is 254 g/mol. The van der Waals surface area contributed by atoms with Gasteiger partial charge in [0.05, 0.1) is 11.6 Å². The first kappa shape index (κ1) is 14.7. The maximum Gasteiger partial charge on any atom is 0.131 e. The minimum Gasteiger partial charge on any atom is -0.357 e. The number of hydrogen-bond donors (Lipinski definition) is 0. The first-order valence-corrected chi connectivity index (χ1v) is 7.76. The van der Waals surface area contributed by atoms with E-state index in [1.54, 1.807) is 0 Å². The number of halogens is 1. The molecule has 0 bridgehead atoms. The Kier molecular flexibility index (Phi) is 5.67. The van der Waals surface area contributed by atoms with Gasteiger partial charge in [0.1, 0.15) is 5.82 Å². The highest BCUT2D eigenvalue weighted by molar-refractivity contribution is 7.98. The standard InChI is InChI=1S/C12H22ClN3S/c1-9(6-7-17-5)15(3)12-11(8-13)10(2)14-16(12)4/h9H,6-8H2,1-5H3. The molecule has 0 fully saturated rings. The van der Waals surface area contributed by atoms with Gasteiger partial charge in [-0.2, -0.15) is 16.9 Å². The molecule has 0 aliphatic carbocycles. The molecule has 1 aromatic heterocycles. The van der Waals surface area contributed by atoms with Gasteiger partial charge in [0.25, 0.3) is 0 Å². The number of thioether (sulfide) groups is 1. The van der Waals surface area contributed by atoms with Crippen LogP contribution in [-0.2, 0) is 12.9 Å². The second-order valence-corrected chi connectivity index (χ2v) is 5.64.